The van der Waals surface area contributed by atoms with E-state index in [0.717, 1.165) is 16.3 Å². The second kappa shape index (κ2) is 7.36. The molecule has 1 amide bonds. The van der Waals surface area contributed by atoms with E-state index in [9.17, 15) is 13.2 Å². The van der Waals surface area contributed by atoms with Crippen LogP contribution in [0.4, 0.5) is 0 Å². The van der Waals surface area contributed by atoms with Crippen molar-refractivity contribution in [3.63, 3.8) is 0 Å². The number of thioether (sulfide) groups is 1. The maximum atomic E-state index is 12.4. The highest BCUT2D eigenvalue weighted by molar-refractivity contribution is 7.98. The Labute approximate surface area is 146 Å². The zero-order valence-electron chi connectivity index (χ0n) is 13.1. The van der Waals surface area contributed by atoms with Crippen LogP contribution in [0.2, 0.25) is 0 Å². The van der Waals surface area contributed by atoms with E-state index in [1.54, 1.807) is 35.0 Å². The Balaban J connectivity index is 1.59. The molecule has 24 heavy (non-hydrogen) atoms. The molecule has 3 rings (SSSR count). The quantitative estimate of drug-likeness (QED) is 0.781. The lowest BCUT2D eigenvalue weighted by Gasteiger charge is -2.26. The highest BCUT2D eigenvalue weighted by Crippen LogP contribution is 2.21. The number of aromatic nitrogens is 1. The van der Waals surface area contributed by atoms with Gasteiger partial charge in [0.05, 0.1) is 16.5 Å². The molecule has 0 atom stereocenters. The number of rotatable bonds is 4. The van der Waals surface area contributed by atoms with Crippen LogP contribution < -0.4 is 0 Å². The number of carbonyl (C=O) groups is 1. The predicted molar refractivity (Wildman–Crippen MR) is 94.8 cm³/mol. The number of pyridine rings is 1. The van der Waals surface area contributed by atoms with Crippen LogP contribution in [0.25, 0.3) is 0 Å². The lowest BCUT2D eigenvalue weighted by atomic mass is 10.1. The van der Waals surface area contributed by atoms with Crippen molar-refractivity contribution < 1.29 is 13.2 Å². The van der Waals surface area contributed by atoms with Crippen molar-refractivity contribution in [3.8, 4) is 0 Å². The van der Waals surface area contributed by atoms with E-state index in [0.29, 0.717) is 5.56 Å². The zero-order chi connectivity index (χ0) is 17.0. The van der Waals surface area contributed by atoms with Crippen LogP contribution in [-0.4, -0.2) is 48.8 Å². The fourth-order valence-electron chi connectivity index (χ4n) is 2.43. The number of hydrogen-bond donors (Lipinski definition) is 0. The third kappa shape index (κ3) is 4.36. The van der Waals surface area contributed by atoms with Gasteiger partial charge in [-0.15, -0.1) is 11.8 Å². The summed E-state index contributed by atoms with van der Waals surface area (Å²) in [5, 5.41) is 0.965. The molecule has 0 bridgehead atoms. The molecule has 5 nitrogen and oxygen atoms in total. The first-order valence-corrected chi connectivity index (χ1v) is 10.5. The van der Waals surface area contributed by atoms with Gasteiger partial charge < -0.3 is 4.90 Å². The van der Waals surface area contributed by atoms with Crippen molar-refractivity contribution >= 4 is 27.5 Å². The first kappa shape index (κ1) is 17.0. The Morgan fingerprint density at radius 2 is 1.79 bits per heavy atom. The molecule has 1 aromatic carbocycles. The number of hydrogen-bond acceptors (Lipinski definition) is 5. The Bertz CT molecular complexity index is 791. The lowest BCUT2D eigenvalue weighted by molar-refractivity contribution is 0.0770. The lowest BCUT2D eigenvalue weighted by Crippen LogP contribution is -2.43. The third-order valence-electron chi connectivity index (χ3n) is 3.86. The van der Waals surface area contributed by atoms with Crippen LogP contribution in [0.1, 0.15) is 15.9 Å². The van der Waals surface area contributed by atoms with Crippen LogP contribution in [0.15, 0.2) is 53.7 Å². The van der Waals surface area contributed by atoms with Crippen LogP contribution >= 0.6 is 11.8 Å². The maximum Gasteiger partial charge on any atom is 0.253 e. The summed E-state index contributed by atoms with van der Waals surface area (Å²) in [5.41, 5.74) is 1.71. The van der Waals surface area contributed by atoms with Crippen molar-refractivity contribution in [3.05, 3.63) is 59.8 Å². The summed E-state index contributed by atoms with van der Waals surface area (Å²) in [5.74, 6) is 0.788. The monoisotopic (exact) mass is 362 g/mol. The molecule has 1 saturated heterocycles. The standard InChI is InChI=1S/C17H18N2O3S2/c20-17(19-9-11-24(21,22)12-10-19)15-6-4-14(5-7-15)13-23-16-3-1-2-8-18-16/h1-8H,9-13H2. The van der Waals surface area contributed by atoms with E-state index < -0.39 is 9.84 Å². The highest BCUT2D eigenvalue weighted by Gasteiger charge is 2.25. The largest absolute Gasteiger partial charge is 0.337 e. The Hall–Kier alpha value is -1.86. The molecule has 2 heterocycles. The maximum absolute atomic E-state index is 12.4. The first-order chi connectivity index (χ1) is 11.5. The number of nitrogens with zero attached hydrogens (tertiary/aromatic N) is 2. The number of amides is 1. The van der Waals surface area contributed by atoms with Crippen molar-refractivity contribution in [2.24, 2.45) is 0 Å². The molecular weight excluding hydrogens is 344 g/mol. The SMILES string of the molecule is O=C(c1ccc(CSc2ccccn2)cc1)N1CCS(=O)(=O)CC1. The first-order valence-electron chi connectivity index (χ1n) is 7.66. The van der Waals surface area contributed by atoms with E-state index in [1.807, 2.05) is 30.3 Å². The Morgan fingerprint density at radius 3 is 2.42 bits per heavy atom. The van der Waals surface area contributed by atoms with Gasteiger partial charge >= 0.3 is 0 Å². The van der Waals surface area contributed by atoms with Gasteiger partial charge in [0, 0.05) is 30.6 Å². The molecule has 7 heteroatoms. The van der Waals surface area contributed by atoms with Crippen LogP contribution in [-0.2, 0) is 15.6 Å². The van der Waals surface area contributed by atoms with Gasteiger partial charge in [0.25, 0.3) is 5.91 Å². The highest BCUT2D eigenvalue weighted by atomic mass is 32.2. The number of benzene rings is 1. The zero-order valence-corrected chi connectivity index (χ0v) is 14.7. The number of carbonyl (C=O) groups excluding carboxylic acids is 1. The molecule has 0 spiro atoms. The topological polar surface area (TPSA) is 67.3 Å². The minimum Gasteiger partial charge on any atom is -0.337 e. The summed E-state index contributed by atoms with van der Waals surface area (Å²) in [6.45, 7) is 0.552. The van der Waals surface area contributed by atoms with Crippen molar-refractivity contribution in [1.82, 2.24) is 9.88 Å². The van der Waals surface area contributed by atoms with E-state index >= 15 is 0 Å². The normalized spacial score (nSPS) is 16.8. The summed E-state index contributed by atoms with van der Waals surface area (Å²) < 4.78 is 22.9. The van der Waals surface area contributed by atoms with Crippen LogP contribution in [0.5, 0.6) is 0 Å². The summed E-state index contributed by atoms with van der Waals surface area (Å²) in [6, 6.07) is 13.3. The van der Waals surface area contributed by atoms with Crippen molar-refractivity contribution in [2.45, 2.75) is 10.8 Å². The van der Waals surface area contributed by atoms with Crippen LogP contribution in [0.3, 0.4) is 0 Å². The van der Waals surface area contributed by atoms with E-state index in [4.69, 9.17) is 0 Å². The van der Waals surface area contributed by atoms with Gasteiger partial charge in [0.2, 0.25) is 0 Å². The molecule has 1 aliphatic heterocycles. The molecule has 2 aromatic rings. The molecule has 0 radical (unpaired) electrons. The average Bonchev–Trinajstić information content (AvgIpc) is 2.61. The van der Waals surface area contributed by atoms with E-state index in [-0.39, 0.29) is 30.5 Å². The van der Waals surface area contributed by atoms with Crippen molar-refractivity contribution in [2.75, 3.05) is 24.6 Å². The van der Waals surface area contributed by atoms with E-state index in [1.165, 1.54) is 0 Å². The molecule has 1 fully saturated rings. The Kier molecular flexibility index (Phi) is 5.20. The average molecular weight is 362 g/mol. The second-order valence-electron chi connectivity index (χ2n) is 5.60. The van der Waals surface area contributed by atoms with Gasteiger partial charge in [0.1, 0.15) is 0 Å². The molecule has 0 saturated carbocycles. The number of sulfone groups is 1. The Morgan fingerprint density at radius 1 is 1.08 bits per heavy atom. The fraction of sp³-hybridized carbons (Fsp3) is 0.294. The fourth-order valence-corrected chi connectivity index (χ4v) is 4.45. The molecule has 126 valence electrons. The van der Waals surface area contributed by atoms with Gasteiger partial charge in [-0.05, 0) is 29.8 Å². The van der Waals surface area contributed by atoms with Crippen molar-refractivity contribution in [1.29, 1.82) is 0 Å². The molecule has 1 aromatic heterocycles. The van der Waals surface area contributed by atoms with E-state index in [2.05, 4.69) is 4.98 Å². The molecule has 0 aliphatic carbocycles. The van der Waals surface area contributed by atoms with Gasteiger partial charge in [-0.3, -0.25) is 4.79 Å². The minimum absolute atomic E-state index is 0.0531. The predicted octanol–water partition coefficient (Wildman–Crippen LogP) is 2.24. The molecular formula is C17H18N2O3S2. The van der Waals surface area contributed by atoms with Gasteiger partial charge in [-0.1, -0.05) is 18.2 Å². The smallest absolute Gasteiger partial charge is 0.253 e. The molecule has 0 N–H and O–H groups in total. The third-order valence-corrected chi connectivity index (χ3v) is 6.48. The van der Waals surface area contributed by atoms with Crippen LogP contribution in [0, 0.1) is 0 Å². The molecule has 0 unspecified atom stereocenters. The summed E-state index contributed by atoms with van der Waals surface area (Å²) in [7, 11) is -2.97. The summed E-state index contributed by atoms with van der Waals surface area (Å²) in [6.07, 6.45) is 1.77. The summed E-state index contributed by atoms with van der Waals surface area (Å²) in [4.78, 5) is 18.3. The second-order valence-corrected chi connectivity index (χ2v) is 8.90. The van der Waals surface area contributed by atoms with Gasteiger partial charge in [0.15, 0.2) is 9.84 Å². The summed E-state index contributed by atoms with van der Waals surface area (Å²) >= 11 is 1.64. The molecule has 1 aliphatic rings. The van der Waals surface area contributed by atoms with Gasteiger partial charge in [-0.25, -0.2) is 13.4 Å². The van der Waals surface area contributed by atoms with Gasteiger partial charge in [-0.2, -0.15) is 0 Å². The minimum atomic E-state index is -2.97.